The second kappa shape index (κ2) is 5.98. The molecule has 0 aliphatic rings. The minimum atomic E-state index is -3.20. The van der Waals surface area contributed by atoms with E-state index < -0.39 is 9.84 Å². The van der Waals surface area contributed by atoms with Crippen LogP contribution in [0.5, 0.6) is 0 Å². The summed E-state index contributed by atoms with van der Waals surface area (Å²) in [5.41, 5.74) is 6.38. The van der Waals surface area contributed by atoms with Crippen LogP contribution in [0.1, 0.15) is 12.5 Å². The number of hydrogen-bond acceptors (Lipinski definition) is 4. The highest BCUT2D eigenvalue weighted by molar-refractivity contribution is 7.91. The van der Waals surface area contributed by atoms with Gasteiger partial charge >= 0.3 is 0 Å². The zero-order chi connectivity index (χ0) is 12.0. The van der Waals surface area contributed by atoms with Crippen molar-refractivity contribution >= 4 is 9.84 Å². The van der Waals surface area contributed by atoms with Gasteiger partial charge in [0.1, 0.15) is 5.94 Å². The summed E-state index contributed by atoms with van der Waals surface area (Å²) < 4.78 is 28.0. The highest BCUT2D eigenvalue weighted by Gasteiger charge is 2.13. The van der Waals surface area contributed by atoms with Crippen molar-refractivity contribution in [1.82, 2.24) is 0 Å². The molecule has 0 radical (unpaired) electrons. The van der Waals surface area contributed by atoms with E-state index in [1.54, 1.807) is 6.92 Å². The fourth-order valence-electron chi connectivity index (χ4n) is 1.31. The van der Waals surface area contributed by atoms with Gasteiger partial charge in [-0.25, -0.2) is 8.42 Å². The quantitative estimate of drug-likeness (QED) is 0.806. The van der Waals surface area contributed by atoms with E-state index >= 15 is 0 Å². The molecule has 0 aromatic heterocycles. The number of nitrogens with two attached hydrogens (primary N) is 1. The Labute approximate surface area is 96.3 Å². The Hall–Kier alpha value is -0.910. The van der Waals surface area contributed by atoms with Gasteiger partial charge in [-0.1, -0.05) is 30.3 Å². The average Bonchev–Trinajstić information content (AvgIpc) is 2.16. The fourth-order valence-corrected chi connectivity index (χ4v) is 2.54. The van der Waals surface area contributed by atoms with E-state index in [0.29, 0.717) is 6.61 Å². The Balaban J connectivity index is 2.36. The van der Waals surface area contributed by atoms with Crippen LogP contribution in [0.4, 0.5) is 0 Å². The molecule has 1 aromatic rings. The minimum absolute atomic E-state index is 0.0399. The lowest BCUT2D eigenvalue weighted by Crippen LogP contribution is -2.28. The molecule has 1 unspecified atom stereocenters. The Morgan fingerprint density at radius 3 is 2.50 bits per heavy atom. The van der Waals surface area contributed by atoms with Gasteiger partial charge in [-0.2, -0.15) is 0 Å². The van der Waals surface area contributed by atoms with E-state index in [2.05, 4.69) is 0 Å². The lowest BCUT2D eigenvalue weighted by atomic mass is 10.2. The monoisotopic (exact) mass is 243 g/mol. The van der Waals surface area contributed by atoms with Crippen molar-refractivity contribution in [2.45, 2.75) is 19.6 Å². The second-order valence-electron chi connectivity index (χ2n) is 3.84. The summed E-state index contributed by atoms with van der Waals surface area (Å²) in [7, 11) is -3.20. The molecule has 0 bridgehead atoms. The number of hydrogen-bond donors (Lipinski definition) is 1. The summed E-state index contributed by atoms with van der Waals surface area (Å²) in [5.74, 6) is -0.314. The van der Waals surface area contributed by atoms with E-state index in [1.807, 2.05) is 30.3 Å². The van der Waals surface area contributed by atoms with Crippen LogP contribution in [0.3, 0.4) is 0 Å². The summed E-state index contributed by atoms with van der Waals surface area (Å²) in [6, 6.07) is 9.09. The van der Waals surface area contributed by atoms with Gasteiger partial charge in [0.2, 0.25) is 0 Å². The largest absolute Gasteiger partial charge is 0.361 e. The van der Waals surface area contributed by atoms with Crippen molar-refractivity contribution in [2.24, 2.45) is 5.73 Å². The molecule has 0 aliphatic heterocycles. The third-order valence-corrected chi connectivity index (χ3v) is 3.45. The maximum atomic E-state index is 11.4. The van der Waals surface area contributed by atoms with Crippen LogP contribution in [0.25, 0.3) is 0 Å². The maximum Gasteiger partial charge on any atom is 0.175 e. The van der Waals surface area contributed by atoms with Crippen LogP contribution < -0.4 is 5.73 Å². The van der Waals surface area contributed by atoms with Crippen LogP contribution in [0.2, 0.25) is 0 Å². The molecule has 2 N–H and O–H groups in total. The van der Waals surface area contributed by atoms with Crippen molar-refractivity contribution in [1.29, 1.82) is 0 Å². The van der Waals surface area contributed by atoms with Gasteiger partial charge in [0.05, 0.1) is 12.4 Å². The lowest BCUT2D eigenvalue weighted by Gasteiger charge is -2.07. The van der Waals surface area contributed by atoms with Gasteiger partial charge in [-0.05, 0) is 12.5 Å². The van der Waals surface area contributed by atoms with Gasteiger partial charge in [0.25, 0.3) is 0 Å². The van der Waals surface area contributed by atoms with Gasteiger partial charge < -0.3 is 10.5 Å². The molecule has 90 valence electrons. The third kappa shape index (κ3) is 5.25. The molecule has 0 amide bonds. The van der Waals surface area contributed by atoms with Crippen LogP contribution in [-0.4, -0.2) is 26.2 Å². The standard InChI is InChI=1S/C11H17NO3S/c1-10(12)8-16(13,14)9-15-7-11-5-3-2-4-6-11/h2-6,10H,7-9,12H2,1H3. The first kappa shape index (κ1) is 13.2. The minimum Gasteiger partial charge on any atom is -0.361 e. The third-order valence-electron chi connectivity index (χ3n) is 1.89. The lowest BCUT2D eigenvalue weighted by molar-refractivity contribution is 0.163. The van der Waals surface area contributed by atoms with E-state index in [1.165, 1.54) is 0 Å². The first-order valence-corrected chi connectivity index (χ1v) is 6.89. The highest BCUT2D eigenvalue weighted by Crippen LogP contribution is 2.02. The van der Waals surface area contributed by atoms with E-state index in [0.717, 1.165) is 5.56 Å². The van der Waals surface area contributed by atoms with E-state index in [4.69, 9.17) is 10.5 Å². The predicted molar refractivity (Wildman–Crippen MR) is 63.5 cm³/mol. The number of benzene rings is 1. The summed E-state index contributed by atoms with van der Waals surface area (Å²) in [6.45, 7) is 1.97. The zero-order valence-corrected chi connectivity index (χ0v) is 10.1. The second-order valence-corrected chi connectivity index (χ2v) is 5.90. The molecular formula is C11H17NO3S. The molecule has 1 atom stereocenters. The number of ether oxygens (including phenoxy) is 1. The van der Waals surface area contributed by atoms with Gasteiger partial charge in [0.15, 0.2) is 9.84 Å². The van der Waals surface area contributed by atoms with Gasteiger partial charge in [-0.15, -0.1) is 0 Å². The fraction of sp³-hybridized carbons (Fsp3) is 0.455. The first-order valence-electron chi connectivity index (χ1n) is 5.07. The molecular weight excluding hydrogens is 226 g/mol. The Kier molecular flexibility index (Phi) is 4.92. The van der Waals surface area contributed by atoms with Crippen molar-refractivity contribution in [2.75, 3.05) is 11.7 Å². The smallest absolute Gasteiger partial charge is 0.175 e. The summed E-state index contributed by atoms with van der Waals surface area (Å²) in [5, 5.41) is 0. The van der Waals surface area contributed by atoms with Gasteiger partial charge in [0, 0.05) is 6.04 Å². The normalized spacial score (nSPS) is 13.6. The Morgan fingerprint density at radius 2 is 1.94 bits per heavy atom. The van der Waals surface area contributed by atoms with Crippen LogP contribution >= 0.6 is 0 Å². The first-order chi connectivity index (χ1) is 7.49. The molecule has 0 fully saturated rings. The Bertz CT molecular complexity index is 400. The molecule has 0 aliphatic carbocycles. The van der Waals surface area contributed by atoms with Crippen molar-refractivity contribution in [3.8, 4) is 0 Å². The topological polar surface area (TPSA) is 69.4 Å². The number of rotatable bonds is 6. The van der Waals surface area contributed by atoms with Crippen LogP contribution in [0, 0.1) is 0 Å². The zero-order valence-electron chi connectivity index (χ0n) is 9.30. The van der Waals surface area contributed by atoms with Crippen molar-refractivity contribution < 1.29 is 13.2 Å². The van der Waals surface area contributed by atoms with Crippen LogP contribution in [0.15, 0.2) is 30.3 Å². The van der Waals surface area contributed by atoms with E-state index in [-0.39, 0.29) is 17.7 Å². The number of sulfone groups is 1. The maximum absolute atomic E-state index is 11.4. The molecule has 0 saturated carbocycles. The van der Waals surface area contributed by atoms with E-state index in [9.17, 15) is 8.42 Å². The molecule has 4 nitrogen and oxygen atoms in total. The SMILES string of the molecule is CC(N)CS(=O)(=O)COCc1ccccc1. The summed E-state index contributed by atoms with van der Waals surface area (Å²) in [4.78, 5) is 0. The van der Waals surface area contributed by atoms with Crippen molar-refractivity contribution in [3.05, 3.63) is 35.9 Å². The van der Waals surface area contributed by atoms with Gasteiger partial charge in [-0.3, -0.25) is 0 Å². The molecule has 5 heteroatoms. The molecule has 1 rings (SSSR count). The molecule has 0 saturated heterocycles. The summed E-state index contributed by atoms with van der Waals surface area (Å²) >= 11 is 0. The summed E-state index contributed by atoms with van der Waals surface area (Å²) in [6.07, 6.45) is 0. The Morgan fingerprint density at radius 1 is 1.31 bits per heavy atom. The molecule has 1 aromatic carbocycles. The average molecular weight is 243 g/mol. The van der Waals surface area contributed by atoms with Crippen LogP contribution in [-0.2, 0) is 21.2 Å². The molecule has 0 spiro atoms. The molecule has 0 heterocycles. The van der Waals surface area contributed by atoms with Crippen molar-refractivity contribution in [3.63, 3.8) is 0 Å². The highest BCUT2D eigenvalue weighted by atomic mass is 32.2. The predicted octanol–water partition coefficient (Wildman–Crippen LogP) is 0.923. The molecule has 16 heavy (non-hydrogen) atoms.